The van der Waals surface area contributed by atoms with E-state index in [1.807, 2.05) is 13.8 Å². The monoisotopic (exact) mass is 604 g/mol. The lowest BCUT2D eigenvalue weighted by molar-refractivity contribution is -0.147. The largest absolute Gasteiger partial charge is 0.480 e. The van der Waals surface area contributed by atoms with E-state index in [9.17, 15) is 24.3 Å². The molecule has 224 valence electrons. The number of rotatable bonds is 15. The molecule has 2 aromatic rings. The fourth-order valence-corrected chi connectivity index (χ4v) is 8.95. The smallest absolute Gasteiger partial charge is 0.323 e. The fraction of sp³-hybridized carbons (Fsp3) is 0.500. The van der Waals surface area contributed by atoms with Crippen LogP contribution in [-0.2, 0) is 18.9 Å². The van der Waals surface area contributed by atoms with Crippen molar-refractivity contribution >= 4 is 41.7 Å². The van der Waals surface area contributed by atoms with Crippen molar-refractivity contribution in [3.05, 3.63) is 68.8 Å². The molecule has 0 fully saturated rings. The molecule has 0 aromatic heterocycles. The number of hydrogen-bond acceptors (Lipinski definition) is 6. The topological polar surface area (TPSA) is 115 Å². The van der Waals surface area contributed by atoms with Gasteiger partial charge in [-0.05, 0) is 70.2 Å². The molecule has 7 nitrogen and oxygen atoms in total. The van der Waals surface area contributed by atoms with E-state index in [1.165, 1.54) is 0 Å². The molecule has 9 heteroatoms. The standard InChI is InChI=1S/C32H42ClO7P/c1-8-9-10-11-12-13-14-40-30(36)28(27(33)29(34)35)41(39,31(37)25-21(4)15-19(2)16-22(25)5)32(38)26-23(6)17-20(3)18-24(26)7/h15-18,27-28H,8-14H2,1-7H3,(H,34,35). The molecule has 0 saturated carbocycles. The normalized spacial score (nSPS) is 13.0. The summed E-state index contributed by atoms with van der Waals surface area (Å²) < 4.78 is 20.5. The second-order valence-corrected chi connectivity index (χ2v) is 14.1. The molecule has 1 N–H and O–H groups in total. The van der Waals surface area contributed by atoms with Crippen molar-refractivity contribution in [2.75, 3.05) is 6.61 Å². The third-order valence-corrected chi connectivity index (χ3v) is 10.8. The highest BCUT2D eigenvalue weighted by atomic mass is 35.5. The van der Waals surface area contributed by atoms with E-state index in [4.69, 9.17) is 16.3 Å². The molecule has 0 radical (unpaired) electrons. The third kappa shape index (κ3) is 7.96. The van der Waals surface area contributed by atoms with Crippen LogP contribution in [0, 0.1) is 41.5 Å². The maximum Gasteiger partial charge on any atom is 0.323 e. The number of aryl methyl sites for hydroxylation is 6. The van der Waals surface area contributed by atoms with E-state index in [-0.39, 0.29) is 17.7 Å². The van der Waals surface area contributed by atoms with Crippen LogP contribution in [0.4, 0.5) is 0 Å². The highest BCUT2D eigenvalue weighted by molar-refractivity contribution is 7.96. The van der Waals surface area contributed by atoms with Crippen molar-refractivity contribution in [1.29, 1.82) is 0 Å². The Bertz CT molecular complexity index is 1240. The molecule has 2 rings (SSSR count). The number of halogens is 1. The zero-order chi connectivity index (χ0) is 31.1. The van der Waals surface area contributed by atoms with Crippen LogP contribution in [0.2, 0.25) is 0 Å². The van der Waals surface area contributed by atoms with Gasteiger partial charge in [-0.3, -0.25) is 19.2 Å². The molecular formula is C32H42ClO7P. The highest BCUT2D eigenvalue weighted by Crippen LogP contribution is 2.59. The van der Waals surface area contributed by atoms with E-state index in [1.54, 1.807) is 52.0 Å². The first-order chi connectivity index (χ1) is 19.2. The average Bonchev–Trinajstić information content (AvgIpc) is 2.86. The first-order valence-corrected chi connectivity index (χ1v) is 16.3. The molecule has 0 amide bonds. The van der Waals surface area contributed by atoms with Gasteiger partial charge in [0.2, 0.25) is 18.2 Å². The minimum absolute atomic E-state index is 0.0117. The quantitative estimate of drug-likeness (QED) is 0.0952. The Balaban J connectivity index is 2.71. The summed E-state index contributed by atoms with van der Waals surface area (Å²) in [5.41, 5.74) is -0.848. The summed E-state index contributed by atoms with van der Waals surface area (Å²) in [6, 6.07) is 6.83. The molecule has 2 unspecified atom stereocenters. The van der Waals surface area contributed by atoms with Gasteiger partial charge in [0.1, 0.15) is 0 Å². The predicted molar refractivity (Wildman–Crippen MR) is 163 cm³/mol. The van der Waals surface area contributed by atoms with Gasteiger partial charge in [0.25, 0.3) is 0 Å². The van der Waals surface area contributed by atoms with Gasteiger partial charge in [-0.2, -0.15) is 0 Å². The molecule has 2 atom stereocenters. The highest BCUT2D eigenvalue weighted by Gasteiger charge is 2.57. The molecule has 0 aliphatic rings. The third-order valence-electron chi connectivity index (χ3n) is 7.27. The number of ether oxygens (including phenoxy) is 1. The zero-order valence-electron chi connectivity index (χ0n) is 25.1. The summed E-state index contributed by atoms with van der Waals surface area (Å²) >= 11 is 6.25. The second-order valence-electron chi connectivity index (χ2n) is 10.9. The summed E-state index contributed by atoms with van der Waals surface area (Å²) in [7, 11) is -5.10. The van der Waals surface area contributed by atoms with Crippen LogP contribution in [-0.4, -0.2) is 45.7 Å². The number of benzene rings is 2. The van der Waals surface area contributed by atoms with Crippen molar-refractivity contribution in [2.45, 2.75) is 98.0 Å². The Morgan fingerprint density at radius 2 is 1.15 bits per heavy atom. The van der Waals surface area contributed by atoms with E-state index in [0.717, 1.165) is 43.2 Å². The van der Waals surface area contributed by atoms with Crippen molar-refractivity contribution in [3.63, 3.8) is 0 Å². The zero-order valence-corrected chi connectivity index (χ0v) is 26.8. The molecule has 0 heterocycles. The van der Waals surface area contributed by atoms with Gasteiger partial charge >= 0.3 is 11.9 Å². The minimum Gasteiger partial charge on any atom is -0.480 e. The summed E-state index contributed by atoms with van der Waals surface area (Å²) in [5, 5.41) is 7.73. The lowest BCUT2D eigenvalue weighted by atomic mass is 10.0. The molecule has 0 spiro atoms. The van der Waals surface area contributed by atoms with Gasteiger partial charge < -0.3 is 14.4 Å². The summed E-state index contributed by atoms with van der Waals surface area (Å²) in [5.74, 6) is -2.90. The fourth-order valence-electron chi connectivity index (χ4n) is 5.44. The maximum atomic E-state index is 15.1. The van der Waals surface area contributed by atoms with Gasteiger partial charge in [-0.15, -0.1) is 11.6 Å². The number of unbranched alkanes of at least 4 members (excludes halogenated alkanes) is 5. The van der Waals surface area contributed by atoms with Crippen LogP contribution < -0.4 is 0 Å². The SMILES string of the molecule is CCCCCCCCOC(=O)C(C(Cl)C(=O)O)P(=O)(C(=O)c1c(C)cc(C)cc1C)C(=O)c1c(C)cc(C)cc1C. The number of esters is 1. The van der Waals surface area contributed by atoms with Crippen LogP contribution in [0.3, 0.4) is 0 Å². The lowest BCUT2D eigenvalue weighted by Crippen LogP contribution is -2.41. The molecule has 0 aliphatic carbocycles. The maximum absolute atomic E-state index is 15.1. The van der Waals surface area contributed by atoms with Gasteiger partial charge in [-0.25, -0.2) is 0 Å². The summed E-state index contributed by atoms with van der Waals surface area (Å²) in [6.45, 7) is 12.3. The van der Waals surface area contributed by atoms with Crippen molar-refractivity contribution in [2.24, 2.45) is 0 Å². The van der Waals surface area contributed by atoms with E-state index < -0.39 is 41.2 Å². The van der Waals surface area contributed by atoms with Crippen LogP contribution in [0.25, 0.3) is 0 Å². The summed E-state index contributed by atoms with van der Waals surface area (Å²) in [4.78, 5) is 54.4. The number of aliphatic carboxylic acids is 1. The molecular weight excluding hydrogens is 563 g/mol. The molecule has 0 bridgehead atoms. The van der Waals surface area contributed by atoms with Crippen LogP contribution in [0.5, 0.6) is 0 Å². The predicted octanol–water partition coefficient (Wildman–Crippen LogP) is 7.85. The number of carbonyl (C=O) groups excluding carboxylic acids is 3. The summed E-state index contributed by atoms with van der Waals surface area (Å²) in [6.07, 6.45) is 5.44. The van der Waals surface area contributed by atoms with Crippen LogP contribution in [0.1, 0.15) is 99.5 Å². The Morgan fingerprint density at radius 1 is 0.756 bits per heavy atom. The van der Waals surface area contributed by atoms with Gasteiger partial charge in [0.15, 0.2) is 11.0 Å². The average molecular weight is 605 g/mol. The second kappa shape index (κ2) is 14.9. The van der Waals surface area contributed by atoms with Crippen LogP contribution in [0.15, 0.2) is 24.3 Å². The van der Waals surface area contributed by atoms with Gasteiger partial charge in [0, 0.05) is 11.1 Å². The van der Waals surface area contributed by atoms with E-state index in [0.29, 0.717) is 28.7 Å². The van der Waals surface area contributed by atoms with Gasteiger partial charge in [-0.1, -0.05) is 74.4 Å². The molecule has 0 aliphatic heterocycles. The number of carboxylic acid groups (broad SMARTS) is 1. The van der Waals surface area contributed by atoms with Gasteiger partial charge in [0.05, 0.1) is 6.61 Å². The van der Waals surface area contributed by atoms with Crippen molar-refractivity contribution in [1.82, 2.24) is 0 Å². The Morgan fingerprint density at radius 3 is 1.54 bits per heavy atom. The Hall–Kier alpha value is -2.76. The first-order valence-electron chi connectivity index (χ1n) is 14.1. The molecule has 2 aromatic carbocycles. The van der Waals surface area contributed by atoms with Crippen molar-refractivity contribution in [3.8, 4) is 0 Å². The van der Waals surface area contributed by atoms with E-state index in [2.05, 4.69) is 6.92 Å². The first kappa shape index (κ1) is 34.4. The Kier molecular flexibility index (Phi) is 12.5. The number of carboxylic acids is 1. The molecule has 41 heavy (non-hydrogen) atoms. The number of hydrogen-bond donors (Lipinski definition) is 1. The van der Waals surface area contributed by atoms with Crippen molar-refractivity contribution < 1.29 is 33.6 Å². The lowest BCUT2D eigenvalue weighted by Gasteiger charge is -2.28. The van der Waals surface area contributed by atoms with Crippen LogP contribution >= 0.6 is 18.7 Å². The molecule has 0 saturated heterocycles. The number of carbonyl (C=O) groups is 4. The minimum atomic E-state index is -5.10. The Labute approximate surface area is 248 Å². The van der Waals surface area contributed by atoms with E-state index >= 15 is 4.57 Å². The number of alkyl halides is 1.